The zero-order valence-electron chi connectivity index (χ0n) is 21.9. The van der Waals surface area contributed by atoms with E-state index in [4.69, 9.17) is 32.0 Å². The zero-order valence-corrected chi connectivity index (χ0v) is 24.3. The number of carbonyl (C=O) groups excluding carboxylic acids is 1. The third kappa shape index (κ3) is 4.01. The molecule has 6 rings (SSSR count). The van der Waals surface area contributed by atoms with Crippen molar-refractivity contribution in [3.63, 3.8) is 0 Å². The van der Waals surface area contributed by atoms with E-state index in [2.05, 4.69) is 48.0 Å². The van der Waals surface area contributed by atoms with E-state index in [0.29, 0.717) is 39.1 Å². The summed E-state index contributed by atoms with van der Waals surface area (Å²) in [6, 6.07) is 6.56. The minimum absolute atomic E-state index is 0.270. The molecule has 2 aromatic heterocycles. The van der Waals surface area contributed by atoms with E-state index in [1.807, 2.05) is 27.0 Å². The maximum atomic E-state index is 12.7. The minimum atomic E-state index is -0.521. The van der Waals surface area contributed by atoms with Crippen LogP contribution in [-0.4, -0.2) is 38.6 Å². The number of hydrogen-bond donors (Lipinski definition) is 1. The molecule has 1 aromatic carbocycles. The Balaban J connectivity index is 1.43. The molecule has 0 aliphatic carbocycles. The Morgan fingerprint density at radius 3 is 2.54 bits per heavy atom. The lowest BCUT2D eigenvalue weighted by atomic mass is 9.81. The van der Waals surface area contributed by atoms with Gasteiger partial charge in [0.15, 0.2) is 5.65 Å². The highest BCUT2D eigenvalue weighted by Gasteiger charge is 2.46. The molecule has 3 aliphatic rings. The first-order chi connectivity index (χ1) is 17.4. The summed E-state index contributed by atoms with van der Waals surface area (Å²) in [5, 5.41) is 1.06. The van der Waals surface area contributed by atoms with Gasteiger partial charge in [-0.1, -0.05) is 24.9 Å². The zero-order chi connectivity index (χ0) is 26.3. The molecule has 9 heteroatoms. The molecule has 196 valence electrons. The van der Waals surface area contributed by atoms with E-state index in [1.54, 1.807) is 8.87 Å². The van der Waals surface area contributed by atoms with E-state index in [0.717, 1.165) is 32.3 Å². The number of pyridine rings is 1. The Labute approximate surface area is 231 Å². The molecular weight excluding hydrogens is 554 g/mol. The van der Waals surface area contributed by atoms with E-state index in [1.165, 1.54) is 16.7 Å². The molecule has 1 fully saturated rings. The summed E-state index contributed by atoms with van der Waals surface area (Å²) >= 11 is 8.61. The van der Waals surface area contributed by atoms with Gasteiger partial charge in [0.1, 0.15) is 10.2 Å². The van der Waals surface area contributed by atoms with Crippen molar-refractivity contribution in [3.05, 3.63) is 51.3 Å². The summed E-state index contributed by atoms with van der Waals surface area (Å²) in [5.41, 5.74) is 6.33. The average Bonchev–Trinajstić information content (AvgIpc) is 3.43. The third-order valence-corrected chi connectivity index (χ3v) is 9.21. The number of nitrogens with zero attached hydrogens (tertiary/aromatic N) is 3. The summed E-state index contributed by atoms with van der Waals surface area (Å²) in [6.07, 6.45) is 3.03. The lowest BCUT2D eigenvalue weighted by Gasteiger charge is -2.39. The number of benzene rings is 1. The lowest BCUT2D eigenvalue weighted by molar-refractivity contribution is -0.0790. The van der Waals surface area contributed by atoms with Crippen LogP contribution in [0.1, 0.15) is 69.7 Å². The number of hydrogen-bond acceptors (Lipinski definition) is 6. The molecule has 3 aliphatic heterocycles. The first kappa shape index (κ1) is 25.2. The molecule has 0 N–H and O–H groups in total. The van der Waals surface area contributed by atoms with Crippen molar-refractivity contribution < 1.29 is 19.0 Å². The second-order valence-electron chi connectivity index (χ2n) is 11.8. The smallest absolute Gasteiger partial charge is 0.410 e. The van der Waals surface area contributed by atoms with Crippen molar-refractivity contribution in [2.24, 2.45) is 0 Å². The number of ether oxygens (including phenoxy) is 3. The summed E-state index contributed by atoms with van der Waals surface area (Å²) in [7, 11) is 0. The minimum Gasteiger partial charge on any atom is -0.444 e. The number of halogens is 1. The normalized spacial score (nSPS) is 19.9. The highest BCUT2D eigenvalue weighted by molar-refractivity contribution is 9.10. The highest BCUT2D eigenvalue weighted by Crippen LogP contribution is 2.51. The van der Waals surface area contributed by atoms with Gasteiger partial charge in [-0.05, 0) is 86.1 Å². The van der Waals surface area contributed by atoms with Crippen molar-refractivity contribution in [2.75, 3.05) is 13.1 Å². The molecule has 37 heavy (non-hydrogen) atoms. The maximum Gasteiger partial charge on any atom is 0.410 e. The van der Waals surface area contributed by atoms with Crippen LogP contribution >= 0.6 is 28.7 Å². The molecule has 1 amide bonds. The Bertz CT molecular complexity index is 1430. The Hall–Kier alpha value is -2.07. The number of piperidine rings is 1. The largest absolute Gasteiger partial charge is 0.444 e. The van der Waals surface area contributed by atoms with Crippen molar-refractivity contribution in [1.29, 1.82) is 0 Å². The summed E-state index contributed by atoms with van der Waals surface area (Å²) in [6.45, 7) is 12.1. The molecule has 0 radical (unpaired) electrons. The predicted octanol–water partition coefficient (Wildman–Crippen LogP) is 6.68. The van der Waals surface area contributed by atoms with Crippen molar-refractivity contribution in [1.82, 2.24) is 13.9 Å². The van der Waals surface area contributed by atoms with Crippen LogP contribution in [0.15, 0.2) is 29.0 Å². The van der Waals surface area contributed by atoms with Gasteiger partial charge in [0.25, 0.3) is 0 Å². The van der Waals surface area contributed by atoms with Gasteiger partial charge in [-0.3, -0.25) is 3.97 Å². The SMILES string of the molecule is CC(C)(C)OC(=O)N1CCC2(CC1)OCc1cnc3c(c(-c4ccc5c(c4)COC5(C)C)c(Br)n3S)c12. The van der Waals surface area contributed by atoms with Crippen LogP contribution in [0, 0.1) is 0 Å². The van der Waals surface area contributed by atoms with Gasteiger partial charge in [0.2, 0.25) is 0 Å². The molecule has 0 unspecified atom stereocenters. The Kier molecular flexibility index (Phi) is 5.77. The van der Waals surface area contributed by atoms with Crippen LogP contribution in [0.2, 0.25) is 0 Å². The second-order valence-corrected chi connectivity index (χ2v) is 12.9. The number of amides is 1. The number of fused-ring (bicyclic) bond motifs is 5. The fourth-order valence-corrected chi connectivity index (χ4v) is 6.83. The van der Waals surface area contributed by atoms with Crippen LogP contribution in [0.25, 0.3) is 22.2 Å². The van der Waals surface area contributed by atoms with Gasteiger partial charge in [0.05, 0.1) is 24.4 Å². The van der Waals surface area contributed by atoms with E-state index in [9.17, 15) is 4.79 Å². The molecular formula is C28H32BrN3O4S. The number of aromatic nitrogens is 2. The van der Waals surface area contributed by atoms with E-state index in [-0.39, 0.29) is 11.7 Å². The molecule has 7 nitrogen and oxygen atoms in total. The van der Waals surface area contributed by atoms with Crippen LogP contribution in [0.4, 0.5) is 4.79 Å². The molecule has 3 aromatic rings. The van der Waals surface area contributed by atoms with E-state index < -0.39 is 11.2 Å². The molecule has 0 atom stereocenters. The van der Waals surface area contributed by atoms with Crippen molar-refractivity contribution in [2.45, 2.75) is 77.5 Å². The topological polar surface area (TPSA) is 65.8 Å². The lowest BCUT2D eigenvalue weighted by Crippen LogP contribution is -2.46. The summed E-state index contributed by atoms with van der Waals surface area (Å²) in [4.78, 5) is 19.3. The molecule has 0 bridgehead atoms. The number of rotatable bonds is 1. The fraction of sp³-hybridized carbons (Fsp3) is 0.500. The number of likely N-dealkylation sites (tertiary alicyclic amines) is 1. The quantitative estimate of drug-likeness (QED) is 0.323. The number of carbonyl (C=O) groups is 1. The fourth-order valence-electron chi connectivity index (χ4n) is 5.98. The second kappa shape index (κ2) is 8.46. The first-order valence-corrected chi connectivity index (χ1v) is 13.9. The highest BCUT2D eigenvalue weighted by atomic mass is 79.9. The van der Waals surface area contributed by atoms with Gasteiger partial charge in [-0.25, -0.2) is 9.78 Å². The van der Waals surface area contributed by atoms with Crippen molar-refractivity contribution >= 4 is 45.9 Å². The standard InChI is InChI=1S/C28H32BrN3O4S/c1-26(2,3)36-25(33)31-10-8-28(9-11-31)22-18(15-35-28)13-30-24-21(22)20(23(29)32(24)37)16-6-7-19-17(12-16)14-34-27(19,4)5/h6-7,12-13,37H,8-11,14-15H2,1-5H3. The van der Waals surface area contributed by atoms with Crippen LogP contribution in [-0.2, 0) is 38.6 Å². The Morgan fingerprint density at radius 1 is 1.14 bits per heavy atom. The molecule has 1 saturated heterocycles. The first-order valence-electron chi connectivity index (χ1n) is 12.7. The molecule has 1 spiro atoms. The monoisotopic (exact) mass is 585 g/mol. The number of thiol groups is 1. The van der Waals surface area contributed by atoms with Crippen LogP contribution < -0.4 is 0 Å². The van der Waals surface area contributed by atoms with E-state index >= 15 is 0 Å². The molecule has 0 saturated carbocycles. The van der Waals surface area contributed by atoms with Gasteiger partial charge in [-0.15, -0.1) is 0 Å². The van der Waals surface area contributed by atoms with Crippen LogP contribution in [0.5, 0.6) is 0 Å². The molecule has 5 heterocycles. The van der Waals surface area contributed by atoms with Gasteiger partial charge < -0.3 is 19.1 Å². The maximum absolute atomic E-state index is 12.7. The van der Waals surface area contributed by atoms with Gasteiger partial charge in [0, 0.05) is 41.4 Å². The predicted molar refractivity (Wildman–Crippen MR) is 149 cm³/mol. The van der Waals surface area contributed by atoms with Gasteiger partial charge in [-0.2, -0.15) is 0 Å². The van der Waals surface area contributed by atoms with Gasteiger partial charge >= 0.3 is 6.09 Å². The summed E-state index contributed by atoms with van der Waals surface area (Å²) < 4.78 is 20.9. The van der Waals surface area contributed by atoms with Crippen LogP contribution in [0.3, 0.4) is 0 Å². The third-order valence-electron chi connectivity index (χ3n) is 7.79. The Morgan fingerprint density at radius 2 is 1.84 bits per heavy atom. The summed E-state index contributed by atoms with van der Waals surface area (Å²) in [5.74, 6) is 0. The average molecular weight is 587 g/mol. The van der Waals surface area contributed by atoms with Crippen molar-refractivity contribution in [3.8, 4) is 11.1 Å².